The van der Waals surface area contributed by atoms with Crippen molar-refractivity contribution < 1.29 is 0 Å². The predicted octanol–water partition coefficient (Wildman–Crippen LogP) is 3.65. The maximum Gasteiger partial charge on any atom is 0.141 e. The van der Waals surface area contributed by atoms with Gasteiger partial charge < -0.3 is 5.32 Å². The van der Waals surface area contributed by atoms with Crippen molar-refractivity contribution in [2.45, 2.75) is 6.92 Å². The third-order valence-corrected chi connectivity index (χ3v) is 3.03. The first-order valence-electron chi connectivity index (χ1n) is 6.07. The first kappa shape index (κ1) is 11.5. The summed E-state index contributed by atoms with van der Waals surface area (Å²) in [7, 11) is 0. The Balaban J connectivity index is 2.05. The fraction of sp³-hybridized carbons (Fsp3) is 0.0667. The van der Waals surface area contributed by atoms with Gasteiger partial charge in [-0.05, 0) is 30.7 Å². The summed E-state index contributed by atoms with van der Waals surface area (Å²) in [5, 5.41) is 11.6. The summed E-state index contributed by atoms with van der Waals surface area (Å²) in [6.07, 6.45) is 3.57. The lowest BCUT2D eigenvalue weighted by atomic mass is 10.2. The first-order chi connectivity index (χ1) is 9.28. The van der Waals surface area contributed by atoms with E-state index in [1.54, 1.807) is 6.20 Å². The minimum absolute atomic E-state index is 0.810. The van der Waals surface area contributed by atoms with Gasteiger partial charge in [0.25, 0.3) is 0 Å². The molecule has 2 heterocycles. The van der Waals surface area contributed by atoms with Crippen LogP contribution < -0.4 is 5.32 Å². The van der Waals surface area contributed by atoms with Crippen LogP contribution >= 0.6 is 0 Å². The number of aryl methyl sites for hydroxylation is 1. The van der Waals surface area contributed by atoms with Crippen LogP contribution in [0.25, 0.3) is 17.0 Å². The van der Waals surface area contributed by atoms with Crippen molar-refractivity contribution >= 4 is 28.5 Å². The number of hydrogen-bond donors (Lipinski definition) is 2. The van der Waals surface area contributed by atoms with E-state index in [2.05, 4.69) is 27.1 Å². The second kappa shape index (κ2) is 4.57. The zero-order valence-corrected chi connectivity index (χ0v) is 10.6. The monoisotopic (exact) mass is 250 g/mol. The molecule has 3 aromatic rings. The Bertz CT molecular complexity index is 743. The number of hydrogen-bond acceptors (Lipinski definition) is 3. The summed E-state index contributed by atoms with van der Waals surface area (Å²) in [5.41, 5.74) is 3.97. The van der Waals surface area contributed by atoms with Crippen molar-refractivity contribution in [3.05, 3.63) is 54.4 Å². The summed E-state index contributed by atoms with van der Waals surface area (Å²) in [5.74, 6) is 0.810. The first-order valence-corrected chi connectivity index (χ1v) is 6.07. The van der Waals surface area contributed by atoms with E-state index in [-0.39, 0.29) is 0 Å². The van der Waals surface area contributed by atoms with Gasteiger partial charge in [-0.3, -0.25) is 5.10 Å². The van der Waals surface area contributed by atoms with Crippen LogP contribution in [-0.4, -0.2) is 15.2 Å². The number of anilines is 2. The van der Waals surface area contributed by atoms with Crippen molar-refractivity contribution in [2.24, 2.45) is 0 Å². The normalized spacial score (nSPS) is 10.6. The Morgan fingerprint density at radius 1 is 1.32 bits per heavy atom. The van der Waals surface area contributed by atoms with Crippen LogP contribution in [0.2, 0.25) is 0 Å². The fourth-order valence-corrected chi connectivity index (χ4v) is 2.09. The highest BCUT2D eigenvalue weighted by molar-refractivity contribution is 5.92. The van der Waals surface area contributed by atoms with Crippen LogP contribution in [0.4, 0.5) is 11.5 Å². The molecule has 2 N–H and O–H groups in total. The number of nitrogens with one attached hydrogen (secondary N) is 2. The van der Waals surface area contributed by atoms with Gasteiger partial charge in [-0.2, -0.15) is 5.10 Å². The fourth-order valence-electron chi connectivity index (χ4n) is 2.09. The van der Waals surface area contributed by atoms with E-state index in [1.807, 2.05) is 43.3 Å². The molecular weight excluding hydrogens is 236 g/mol. The lowest BCUT2D eigenvalue weighted by Crippen LogP contribution is -1.94. The summed E-state index contributed by atoms with van der Waals surface area (Å²) < 4.78 is 0. The maximum absolute atomic E-state index is 4.39. The highest BCUT2D eigenvalue weighted by Gasteiger charge is 2.08. The summed E-state index contributed by atoms with van der Waals surface area (Å²) >= 11 is 0. The van der Waals surface area contributed by atoms with Crippen molar-refractivity contribution in [2.75, 3.05) is 5.32 Å². The third kappa shape index (κ3) is 2.08. The van der Waals surface area contributed by atoms with Crippen LogP contribution in [0.3, 0.4) is 0 Å². The molecule has 4 heteroatoms. The number of H-pyrrole nitrogens is 1. The molecule has 4 nitrogen and oxygen atoms in total. The number of aromatic amines is 1. The Labute approximate surface area is 111 Å². The van der Waals surface area contributed by atoms with Gasteiger partial charge in [-0.1, -0.05) is 24.8 Å². The van der Waals surface area contributed by atoms with Crippen molar-refractivity contribution in [3.8, 4) is 0 Å². The molecule has 0 bridgehead atoms. The molecule has 0 spiro atoms. The zero-order chi connectivity index (χ0) is 13.2. The van der Waals surface area contributed by atoms with E-state index >= 15 is 0 Å². The van der Waals surface area contributed by atoms with Crippen molar-refractivity contribution in [1.82, 2.24) is 15.2 Å². The Kier molecular flexibility index (Phi) is 2.76. The van der Waals surface area contributed by atoms with Gasteiger partial charge in [0.2, 0.25) is 0 Å². The lowest BCUT2D eigenvalue weighted by molar-refractivity contribution is 1.07. The number of aromatic nitrogens is 3. The molecule has 0 saturated heterocycles. The van der Waals surface area contributed by atoms with Crippen LogP contribution in [0.15, 0.2) is 43.1 Å². The molecule has 1 aromatic carbocycles. The van der Waals surface area contributed by atoms with Crippen LogP contribution in [0.1, 0.15) is 11.3 Å². The minimum Gasteiger partial charge on any atom is -0.340 e. The molecule has 3 rings (SSSR count). The highest BCUT2D eigenvalue weighted by Crippen LogP contribution is 2.25. The number of rotatable bonds is 3. The van der Waals surface area contributed by atoms with E-state index in [9.17, 15) is 0 Å². The molecule has 0 fully saturated rings. The third-order valence-electron chi connectivity index (χ3n) is 3.03. The van der Waals surface area contributed by atoms with E-state index in [0.717, 1.165) is 33.7 Å². The Morgan fingerprint density at radius 2 is 2.21 bits per heavy atom. The average molecular weight is 250 g/mol. The molecule has 0 amide bonds. The smallest absolute Gasteiger partial charge is 0.141 e. The van der Waals surface area contributed by atoms with E-state index in [1.165, 1.54) is 0 Å². The average Bonchev–Trinajstić information content (AvgIpc) is 2.82. The maximum atomic E-state index is 4.39. The molecule has 19 heavy (non-hydrogen) atoms. The molecule has 2 aromatic heterocycles. The minimum atomic E-state index is 0.810. The second-order valence-electron chi connectivity index (χ2n) is 4.36. The molecule has 0 saturated carbocycles. The molecular formula is C15H14N4. The number of benzene rings is 1. The SMILES string of the molecule is C=Cc1cccc(Nc2nccc3n[nH]c(C)c23)c1. The zero-order valence-electron chi connectivity index (χ0n) is 10.6. The molecule has 0 aliphatic heterocycles. The predicted molar refractivity (Wildman–Crippen MR) is 78.4 cm³/mol. The molecule has 0 radical (unpaired) electrons. The van der Waals surface area contributed by atoms with Gasteiger partial charge in [0, 0.05) is 17.6 Å². The van der Waals surface area contributed by atoms with Crippen LogP contribution in [0.5, 0.6) is 0 Å². The van der Waals surface area contributed by atoms with Crippen LogP contribution in [-0.2, 0) is 0 Å². The van der Waals surface area contributed by atoms with Gasteiger partial charge in [-0.25, -0.2) is 4.98 Å². The van der Waals surface area contributed by atoms with Gasteiger partial charge in [0.1, 0.15) is 5.82 Å². The molecule has 0 aliphatic rings. The quantitative estimate of drug-likeness (QED) is 0.746. The van der Waals surface area contributed by atoms with Gasteiger partial charge in [0.05, 0.1) is 10.9 Å². The van der Waals surface area contributed by atoms with E-state index in [0.29, 0.717) is 0 Å². The molecule has 0 atom stereocenters. The number of fused-ring (bicyclic) bond motifs is 1. The van der Waals surface area contributed by atoms with Crippen molar-refractivity contribution in [3.63, 3.8) is 0 Å². The highest BCUT2D eigenvalue weighted by atomic mass is 15.1. The van der Waals surface area contributed by atoms with Gasteiger partial charge in [0.15, 0.2) is 0 Å². The molecule has 0 aliphatic carbocycles. The standard InChI is InChI=1S/C15H14N4/c1-3-11-5-4-6-12(9-11)17-15-14-10(2)18-19-13(14)7-8-16-15/h3-9H,1H2,2H3,(H,16,17)(H,18,19). The van der Waals surface area contributed by atoms with Gasteiger partial charge in [-0.15, -0.1) is 0 Å². The van der Waals surface area contributed by atoms with Crippen molar-refractivity contribution in [1.29, 1.82) is 0 Å². The summed E-state index contributed by atoms with van der Waals surface area (Å²) in [6, 6.07) is 9.92. The van der Waals surface area contributed by atoms with Crippen LogP contribution in [0, 0.1) is 6.92 Å². The summed E-state index contributed by atoms with van der Waals surface area (Å²) in [4.78, 5) is 4.39. The Morgan fingerprint density at radius 3 is 3.05 bits per heavy atom. The largest absolute Gasteiger partial charge is 0.340 e. The van der Waals surface area contributed by atoms with Gasteiger partial charge >= 0.3 is 0 Å². The van der Waals surface area contributed by atoms with E-state index < -0.39 is 0 Å². The lowest BCUT2D eigenvalue weighted by Gasteiger charge is -2.07. The number of pyridine rings is 1. The Hall–Kier alpha value is -2.62. The molecule has 94 valence electrons. The second-order valence-corrected chi connectivity index (χ2v) is 4.36. The molecule has 0 unspecified atom stereocenters. The topological polar surface area (TPSA) is 53.6 Å². The number of nitrogens with zero attached hydrogens (tertiary/aromatic N) is 2. The summed E-state index contributed by atoms with van der Waals surface area (Å²) in [6.45, 7) is 5.76. The van der Waals surface area contributed by atoms with E-state index in [4.69, 9.17) is 0 Å².